The third-order valence-electron chi connectivity index (χ3n) is 4.28. The van der Waals surface area contributed by atoms with Crippen LogP contribution in [0.5, 0.6) is 11.5 Å². The van der Waals surface area contributed by atoms with Crippen molar-refractivity contribution in [1.29, 1.82) is 0 Å². The Morgan fingerprint density at radius 3 is 2.65 bits per heavy atom. The predicted octanol–water partition coefficient (Wildman–Crippen LogP) is 4.18. The highest BCUT2D eigenvalue weighted by Gasteiger charge is 2.23. The van der Waals surface area contributed by atoms with Crippen molar-refractivity contribution >= 4 is 23.2 Å². The smallest absolute Gasteiger partial charge is 0.224 e. The van der Waals surface area contributed by atoms with E-state index in [0.717, 1.165) is 36.6 Å². The van der Waals surface area contributed by atoms with E-state index in [2.05, 4.69) is 10.2 Å². The van der Waals surface area contributed by atoms with Gasteiger partial charge in [0.1, 0.15) is 6.61 Å². The third kappa shape index (κ3) is 5.13. The molecule has 2 aromatic rings. The summed E-state index contributed by atoms with van der Waals surface area (Å²) in [6.07, 6.45) is 2.11. The van der Waals surface area contributed by atoms with E-state index in [4.69, 9.17) is 21.1 Å². The number of carbonyl (C=O) groups excluding carboxylic acids is 1. The van der Waals surface area contributed by atoms with Gasteiger partial charge in [0, 0.05) is 23.7 Å². The second kappa shape index (κ2) is 8.92. The Morgan fingerprint density at radius 2 is 1.88 bits per heavy atom. The SMILES string of the molecule is CN(CCCCC(=O)Nc1ccc(Cl)cc1)[C@@H]1COc2ccccc2O1. The van der Waals surface area contributed by atoms with Crippen molar-refractivity contribution in [1.82, 2.24) is 4.90 Å². The molecule has 1 heterocycles. The van der Waals surface area contributed by atoms with Gasteiger partial charge >= 0.3 is 0 Å². The molecular formula is C20H23ClN2O3. The molecule has 1 aliphatic rings. The molecule has 6 heteroatoms. The fraction of sp³-hybridized carbons (Fsp3) is 0.350. The van der Waals surface area contributed by atoms with Crippen molar-refractivity contribution in [3.05, 3.63) is 53.6 Å². The van der Waals surface area contributed by atoms with Crippen LogP contribution in [0.4, 0.5) is 5.69 Å². The Kier molecular flexibility index (Phi) is 6.36. The molecule has 5 nitrogen and oxygen atoms in total. The lowest BCUT2D eigenvalue weighted by atomic mass is 10.2. The van der Waals surface area contributed by atoms with Gasteiger partial charge in [-0.05, 0) is 56.3 Å². The Morgan fingerprint density at radius 1 is 1.15 bits per heavy atom. The summed E-state index contributed by atoms with van der Waals surface area (Å²) in [6, 6.07) is 14.8. The van der Waals surface area contributed by atoms with Gasteiger partial charge in [-0.15, -0.1) is 0 Å². The first kappa shape index (κ1) is 18.5. The molecule has 26 heavy (non-hydrogen) atoms. The summed E-state index contributed by atoms with van der Waals surface area (Å²) in [5.41, 5.74) is 0.767. The van der Waals surface area contributed by atoms with Crippen molar-refractivity contribution in [3.8, 4) is 11.5 Å². The van der Waals surface area contributed by atoms with E-state index in [1.807, 2.05) is 31.3 Å². The van der Waals surface area contributed by atoms with Gasteiger partial charge in [-0.2, -0.15) is 0 Å². The first-order chi connectivity index (χ1) is 12.6. The fourth-order valence-corrected chi connectivity index (χ4v) is 2.90. The highest BCUT2D eigenvalue weighted by atomic mass is 35.5. The molecule has 1 aliphatic heterocycles. The molecule has 0 unspecified atom stereocenters. The van der Waals surface area contributed by atoms with E-state index in [9.17, 15) is 4.79 Å². The zero-order valence-electron chi connectivity index (χ0n) is 14.8. The van der Waals surface area contributed by atoms with Crippen LogP contribution in [0.15, 0.2) is 48.5 Å². The van der Waals surface area contributed by atoms with E-state index in [1.165, 1.54) is 0 Å². The van der Waals surface area contributed by atoms with Crippen LogP contribution in [-0.4, -0.2) is 37.2 Å². The summed E-state index contributed by atoms with van der Waals surface area (Å²) in [5.74, 6) is 1.58. The van der Waals surface area contributed by atoms with Gasteiger partial charge in [0.2, 0.25) is 5.91 Å². The van der Waals surface area contributed by atoms with Gasteiger partial charge < -0.3 is 14.8 Å². The van der Waals surface area contributed by atoms with Crippen molar-refractivity contribution in [3.63, 3.8) is 0 Å². The number of unbranched alkanes of at least 4 members (excludes halogenated alkanes) is 1. The molecule has 1 N–H and O–H groups in total. The summed E-state index contributed by atoms with van der Waals surface area (Å²) < 4.78 is 11.7. The number of ether oxygens (including phenoxy) is 2. The number of nitrogens with one attached hydrogen (secondary N) is 1. The molecule has 0 saturated heterocycles. The number of benzene rings is 2. The van der Waals surface area contributed by atoms with Crippen LogP contribution < -0.4 is 14.8 Å². The number of likely N-dealkylation sites (N-methyl/N-ethyl adjacent to an activating group) is 1. The minimum Gasteiger partial charge on any atom is -0.484 e. The lowest BCUT2D eigenvalue weighted by Crippen LogP contribution is -2.43. The molecule has 138 valence electrons. The average molecular weight is 375 g/mol. The molecule has 3 rings (SSSR count). The molecule has 0 fully saturated rings. The fourth-order valence-electron chi connectivity index (χ4n) is 2.77. The summed E-state index contributed by atoms with van der Waals surface area (Å²) in [7, 11) is 2.01. The Bertz CT molecular complexity index is 736. The number of hydrogen-bond donors (Lipinski definition) is 1. The van der Waals surface area contributed by atoms with Crippen molar-refractivity contribution in [2.75, 3.05) is 25.5 Å². The molecule has 0 aromatic heterocycles. The van der Waals surface area contributed by atoms with Crippen molar-refractivity contribution in [2.24, 2.45) is 0 Å². The quantitative estimate of drug-likeness (QED) is 0.739. The van der Waals surface area contributed by atoms with Gasteiger partial charge in [-0.3, -0.25) is 9.69 Å². The maximum Gasteiger partial charge on any atom is 0.224 e. The Balaban J connectivity index is 1.36. The minimum absolute atomic E-state index is 0.0150. The first-order valence-electron chi connectivity index (χ1n) is 8.76. The predicted molar refractivity (Wildman–Crippen MR) is 103 cm³/mol. The van der Waals surface area contributed by atoms with E-state index in [1.54, 1.807) is 24.3 Å². The van der Waals surface area contributed by atoms with Gasteiger partial charge in [-0.25, -0.2) is 0 Å². The van der Waals surface area contributed by atoms with E-state index >= 15 is 0 Å². The molecule has 0 radical (unpaired) electrons. The van der Waals surface area contributed by atoms with Crippen LogP contribution in [0.2, 0.25) is 5.02 Å². The molecule has 1 atom stereocenters. The number of anilines is 1. The summed E-state index contributed by atoms with van der Waals surface area (Å²) >= 11 is 5.84. The van der Waals surface area contributed by atoms with Gasteiger partial charge in [0.25, 0.3) is 0 Å². The van der Waals surface area contributed by atoms with Gasteiger partial charge in [0.05, 0.1) is 0 Å². The van der Waals surface area contributed by atoms with Crippen LogP contribution in [0.25, 0.3) is 0 Å². The summed E-state index contributed by atoms with van der Waals surface area (Å²) in [5, 5.41) is 3.53. The Hall–Kier alpha value is -2.24. The molecule has 0 bridgehead atoms. The first-order valence-corrected chi connectivity index (χ1v) is 9.14. The molecule has 0 spiro atoms. The van der Waals surface area contributed by atoms with Gasteiger partial charge in [-0.1, -0.05) is 23.7 Å². The summed E-state index contributed by atoms with van der Waals surface area (Å²) in [6.45, 7) is 1.34. The van der Waals surface area contributed by atoms with Crippen LogP contribution in [0.1, 0.15) is 19.3 Å². The number of rotatable bonds is 7. The number of para-hydroxylation sites is 2. The van der Waals surface area contributed by atoms with Gasteiger partial charge in [0.15, 0.2) is 17.7 Å². The molecule has 2 aromatic carbocycles. The second-order valence-electron chi connectivity index (χ2n) is 6.32. The average Bonchev–Trinajstić information content (AvgIpc) is 2.66. The highest BCUT2D eigenvalue weighted by molar-refractivity contribution is 6.30. The zero-order chi connectivity index (χ0) is 18.4. The topological polar surface area (TPSA) is 50.8 Å². The normalized spacial score (nSPS) is 15.7. The number of hydrogen-bond acceptors (Lipinski definition) is 4. The maximum absolute atomic E-state index is 12.0. The van der Waals surface area contributed by atoms with Crippen LogP contribution in [0.3, 0.4) is 0 Å². The maximum atomic E-state index is 12.0. The van der Waals surface area contributed by atoms with E-state index in [0.29, 0.717) is 18.1 Å². The number of carbonyl (C=O) groups is 1. The van der Waals surface area contributed by atoms with Crippen molar-refractivity contribution in [2.45, 2.75) is 25.5 Å². The lowest BCUT2D eigenvalue weighted by Gasteiger charge is -2.32. The minimum atomic E-state index is -0.104. The number of halogens is 1. The zero-order valence-corrected chi connectivity index (χ0v) is 15.5. The van der Waals surface area contributed by atoms with Crippen LogP contribution in [-0.2, 0) is 4.79 Å². The largest absolute Gasteiger partial charge is 0.484 e. The summed E-state index contributed by atoms with van der Waals surface area (Å²) in [4.78, 5) is 14.1. The highest BCUT2D eigenvalue weighted by Crippen LogP contribution is 2.31. The molecular weight excluding hydrogens is 352 g/mol. The number of fused-ring (bicyclic) bond motifs is 1. The van der Waals surface area contributed by atoms with Crippen LogP contribution >= 0.6 is 11.6 Å². The molecule has 0 aliphatic carbocycles. The van der Waals surface area contributed by atoms with Crippen molar-refractivity contribution < 1.29 is 14.3 Å². The monoisotopic (exact) mass is 374 g/mol. The van der Waals surface area contributed by atoms with E-state index < -0.39 is 0 Å². The Labute approximate surface area is 158 Å². The van der Waals surface area contributed by atoms with Crippen LogP contribution in [0, 0.1) is 0 Å². The second-order valence-corrected chi connectivity index (χ2v) is 6.76. The van der Waals surface area contributed by atoms with E-state index in [-0.39, 0.29) is 12.1 Å². The third-order valence-corrected chi connectivity index (χ3v) is 4.53. The number of amides is 1. The standard InChI is InChI=1S/C20H23ClN2O3/c1-23(20-14-25-17-6-2-3-7-18(17)26-20)13-5-4-8-19(24)22-16-11-9-15(21)10-12-16/h2-3,6-7,9-12,20H,4-5,8,13-14H2,1H3,(H,22,24)/t20-/m0/s1. The molecule has 0 saturated carbocycles. The number of nitrogens with zero attached hydrogens (tertiary/aromatic N) is 1. The molecule has 1 amide bonds. The lowest BCUT2D eigenvalue weighted by molar-refractivity contribution is -0.116.